The number of hydrogen-bond donors (Lipinski definition) is 0. The van der Waals surface area contributed by atoms with E-state index < -0.39 is 0 Å². The van der Waals surface area contributed by atoms with Gasteiger partial charge in [-0.05, 0) is 41.3 Å². The van der Waals surface area contributed by atoms with Crippen molar-refractivity contribution in [1.29, 1.82) is 0 Å². The molecule has 0 N–H and O–H groups in total. The van der Waals surface area contributed by atoms with E-state index in [4.69, 9.17) is 9.97 Å². The fraction of sp³-hybridized carbons (Fsp3) is 0.515. The maximum absolute atomic E-state index is 5.65. The average molecular weight is 686 g/mol. The number of aromatic nitrogens is 4. The third kappa shape index (κ3) is 3.95. The molecule has 1 radical (unpaired) electrons. The standard InChI is InChI=1S/C32H37N4.CH4.Ir/c1-19-11-9-12-20(2)27(19)29-30(28-21(3)13-10-14-22(28)4)35-25-17-7-5-15-23(25)31-33-24-16-6-8-18-26(24)36(31)32(35)34-29;;/h5-8,16-22,27-28H,9-14H2,1-4H3;1H4;/q-1;;. The SMILES string of the molecule is C.CC1CCCC(C)C1c1nc2n(c1C1C(C)CCCC1C)c1ccc[c-]c1c1nc3ccccc3n12.[Ir]. The monoisotopic (exact) mass is 686 g/mol. The molecule has 0 aliphatic heterocycles. The second kappa shape index (κ2) is 10.4. The second-order valence-corrected chi connectivity index (χ2v) is 12.0. The van der Waals surface area contributed by atoms with Crippen molar-refractivity contribution in [2.24, 2.45) is 23.7 Å². The van der Waals surface area contributed by atoms with Crippen LogP contribution in [0.5, 0.6) is 0 Å². The normalized spacial score (nSPS) is 28.0. The van der Waals surface area contributed by atoms with Crippen LogP contribution in [-0.4, -0.2) is 18.8 Å². The van der Waals surface area contributed by atoms with E-state index in [0.717, 1.165) is 27.8 Å². The minimum absolute atomic E-state index is 0. The van der Waals surface area contributed by atoms with E-state index in [1.165, 1.54) is 55.4 Å². The molecule has 0 spiro atoms. The summed E-state index contributed by atoms with van der Waals surface area (Å²) in [5.41, 5.74) is 7.18. The van der Waals surface area contributed by atoms with Crippen LogP contribution < -0.4 is 0 Å². The molecule has 4 nitrogen and oxygen atoms in total. The van der Waals surface area contributed by atoms with E-state index in [-0.39, 0.29) is 27.5 Å². The number of para-hydroxylation sites is 2. The van der Waals surface area contributed by atoms with E-state index in [0.29, 0.717) is 35.5 Å². The van der Waals surface area contributed by atoms with Crippen LogP contribution in [0.15, 0.2) is 42.5 Å². The summed E-state index contributed by atoms with van der Waals surface area (Å²) in [5.74, 6) is 4.66. The molecule has 2 fully saturated rings. The maximum Gasteiger partial charge on any atom is 0.203 e. The Morgan fingerprint density at radius 3 is 2.03 bits per heavy atom. The first-order valence-corrected chi connectivity index (χ1v) is 14.2. The third-order valence-electron chi connectivity index (χ3n) is 9.70. The zero-order chi connectivity index (χ0) is 24.6. The Hall–Kier alpha value is -2.23. The second-order valence-electron chi connectivity index (χ2n) is 12.0. The first-order valence-electron chi connectivity index (χ1n) is 14.2. The predicted molar refractivity (Wildman–Crippen MR) is 154 cm³/mol. The Balaban J connectivity index is 0.00000147. The van der Waals surface area contributed by atoms with Crippen LogP contribution in [0.4, 0.5) is 0 Å². The number of fused-ring (bicyclic) bond motifs is 8. The van der Waals surface area contributed by atoms with Crippen LogP contribution in [0.25, 0.3) is 33.4 Å². The molecule has 3 heterocycles. The Kier molecular flexibility index (Phi) is 7.48. The van der Waals surface area contributed by atoms with Gasteiger partial charge in [0.2, 0.25) is 5.78 Å². The van der Waals surface area contributed by atoms with Crippen molar-refractivity contribution in [3.05, 3.63) is 59.9 Å². The molecule has 0 saturated heterocycles. The van der Waals surface area contributed by atoms with Crippen LogP contribution in [0.2, 0.25) is 0 Å². The first kappa shape index (κ1) is 27.3. The number of imidazole rings is 2. The number of benzene rings is 2. The summed E-state index contributed by atoms with van der Waals surface area (Å²) < 4.78 is 4.86. The predicted octanol–water partition coefficient (Wildman–Crippen LogP) is 8.80. The minimum Gasteiger partial charge on any atom is -0.324 e. The quantitative estimate of drug-likeness (QED) is 0.174. The van der Waals surface area contributed by atoms with Gasteiger partial charge in [-0.25, -0.2) is 4.98 Å². The van der Waals surface area contributed by atoms with Crippen LogP contribution in [0.1, 0.15) is 96.9 Å². The molecular formula is C33H41IrN4-. The Morgan fingerprint density at radius 1 is 0.737 bits per heavy atom. The van der Waals surface area contributed by atoms with Crippen LogP contribution in [0, 0.1) is 29.7 Å². The topological polar surface area (TPSA) is 34.6 Å². The molecule has 5 aromatic rings. The molecule has 5 heteroatoms. The fourth-order valence-electron chi connectivity index (χ4n) is 8.02. The summed E-state index contributed by atoms with van der Waals surface area (Å²) >= 11 is 0. The van der Waals surface area contributed by atoms with Crippen molar-refractivity contribution in [3.8, 4) is 0 Å². The van der Waals surface area contributed by atoms with Crippen molar-refractivity contribution in [1.82, 2.24) is 18.8 Å². The Bertz CT molecular complexity index is 1580. The van der Waals surface area contributed by atoms with E-state index in [1.807, 2.05) is 6.07 Å². The Morgan fingerprint density at radius 2 is 1.34 bits per heavy atom. The molecule has 0 amide bonds. The van der Waals surface area contributed by atoms with E-state index in [2.05, 4.69) is 79.0 Å². The van der Waals surface area contributed by atoms with Gasteiger partial charge in [-0.1, -0.05) is 91.2 Å². The summed E-state index contributed by atoms with van der Waals surface area (Å²) in [5, 5.41) is 1.09. The van der Waals surface area contributed by atoms with Gasteiger partial charge >= 0.3 is 0 Å². The first-order chi connectivity index (χ1) is 17.5. The summed E-state index contributed by atoms with van der Waals surface area (Å²) in [6.45, 7) is 9.90. The van der Waals surface area contributed by atoms with Crippen LogP contribution >= 0.6 is 0 Å². The molecule has 3 aromatic heterocycles. The minimum atomic E-state index is 0. The summed E-state index contributed by atoms with van der Waals surface area (Å²) in [7, 11) is 0. The zero-order valence-corrected chi connectivity index (χ0v) is 24.8. The smallest absolute Gasteiger partial charge is 0.203 e. The summed E-state index contributed by atoms with van der Waals surface area (Å²) in [6.07, 6.45) is 7.89. The van der Waals surface area contributed by atoms with Gasteiger partial charge in [0.15, 0.2) is 0 Å². The molecule has 38 heavy (non-hydrogen) atoms. The zero-order valence-electron chi connectivity index (χ0n) is 22.4. The van der Waals surface area contributed by atoms with Crippen LogP contribution in [-0.2, 0) is 20.1 Å². The average Bonchev–Trinajstić information content (AvgIpc) is 3.44. The Labute approximate surface area is 240 Å². The largest absolute Gasteiger partial charge is 0.324 e. The van der Waals surface area contributed by atoms with Crippen molar-refractivity contribution in [2.75, 3.05) is 0 Å². The molecule has 4 atom stereocenters. The van der Waals surface area contributed by atoms with Crippen molar-refractivity contribution in [3.63, 3.8) is 0 Å². The van der Waals surface area contributed by atoms with E-state index in [9.17, 15) is 0 Å². The molecule has 0 bridgehead atoms. The van der Waals surface area contributed by atoms with Crippen molar-refractivity contribution < 1.29 is 20.1 Å². The van der Waals surface area contributed by atoms with Gasteiger partial charge in [0.1, 0.15) is 0 Å². The van der Waals surface area contributed by atoms with Gasteiger partial charge in [-0.15, -0.1) is 24.3 Å². The molecule has 203 valence electrons. The number of hydrogen-bond acceptors (Lipinski definition) is 2. The third-order valence-corrected chi connectivity index (χ3v) is 9.70. The fourth-order valence-corrected chi connectivity index (χ4v) is 8.02. The number of nitrogens with zero attached hydrogens (tertiary/aromatic N) is 4. The molecular weight excluding hydrogens is 645 g/mol. The van der Waals surface area contributed by atoms with E-state index in [1.54, 1.807) is 0 Å². The van der Waals surface area contributed by atoms with Crippen molar-refractivity contribution >= 4 is 33.4 Å². The summed E-state index contributed by atoms with van der Waals surface area (Å²) in [6, 6.07) is 18.5. The van der Waals surface area contributed by atoms with Crippen molar-refractivity contribution in [2.45, 2.75) is 85.5 Å². The van der Waals surface area contributed by atoms with E-state index >= 15 is 0 Å². The molecule has 2 aromatic carbocycles. The van der Waals surface area contributed by atoms with Gasteiger partial charge in [0, 0.05) is 37.6 Å². The molecule has 2 aliphatic rings. The van der Waals surface area contributed by atoms with Gasteiger partial charge in [0.05, 0.1) is 22.4 Å². The van der Waals surface area contributed by atoms with Crippen LogP contribution in [0.3, 0.4) is 0 Å². The molecule has 2 aliphatic carbocycles. The number of rotatable bonds is 2. The molecule has 7 rings (SSSR count). The molecule has 4 unspecified atom stereocenters. The molecule has 2 saturated carbocycles. The van der Waals surface area contributed by atoms with Gasteiger partial charge < -0.3 is 8.80 Å². The van der Waals surface area contributed by atoms with Gasteiger partial charge in [-0.3, -0.25) is 4.98 Å². The summed E-state index contributed by atoms with van der Waals surface area (Å²) in [4.78, 5) is 10.7. The van der Waals surface area contributed by atoms with Gasteiger partial charge in [0.25, 0.3) is 0 Å². The van der Waals surface area contributed by atoms with Gasteiger partial charge in [-0.2, -0.15) is 0 Å². The maximum atomic E-state index is 5.65.